The Bertz CT molecular complexity index is 308. The Kier molecular flexibility index (Phi) is 3.45. The Balaban J connectivity index is 1.93. The lowest BCUT2D eigenvalue weighted by atomic mass is 9.77. The molecule has 2 heteroatoms. The van der Waals surface area contributed by atoms with Gasteiger partial charge in [-0.3, -0.25) is 0 Å². The van der Waals surface area contributed by atoms with E-state index in [0.717, 1.165) is 17.8 Å². The molecule has 0 unspecified atom stereocenters. The fraction of sp³-hybridized carbons (Fsp3) is 0.769. The molecule has 0 N–H and O–H groups in total. The molecule has 0 aromatic carbocycles. The summed E-state index contributed by atoms with van der Waals surface area (Å²) in [7, 11) is 0. The first-order valence-electron chi connectivity index (χ1n) is 6.09. The van der Waals surface area contributed by atoms with E-state index in [4.69, 9.17) is 0 Å². The molecule has 1 heterocycles. The molecule has 2 rings (SSSR count). The molecule has 1 aliphatic carbocycles. The van der Waals surface area contributed by atoms with Crippen LogP contribution in [-0.4, -0.2) is 4.98 Å². The summed E-state index contributed by atoms with van der Waals surface area (Å²) in [4.78, 5) is 5.89. The smallest absolute Gasteiger partial charge is 0.0958 e. The zero-order chi connectivity index (χ0) is 10.8. The number of aryl methyl sites for hydroxylation is 1. The van der Waals surface area contributed by atoms with Gasteiger partial charge in [-0.15, -0.1) is 11.3 Å². The highest BCUT2D eigenvalue weighted by atomic mass is 32.1. The van der Waals surface area contributed by atoms with Gasteiger partial charge in [-0.2, -0.15) is 0 Å². The van der Waals surface area contributed by atoms with Crippen molar-refractivity contribution in [3.8, 4) is 0 Å². The molecular weight excluding hydrogens is 202 g/mol. The minimum absolute atomic E-state index is 0.763. The lowest BCUT2D eigenvalue weighted by molar-refractivity contribution is 0.258. The van der Waals surface area contributed by atoms with Crippen LogP contribution in [-0.2, 0) is 0 Å². The fourth-order valence-electron chi connectivity index (χ4n) is 2.59. The maximum Gasteiger partial charge on any atom is 0.0958 e. The molecule has 1 aromatic rings. The second kappa shape index (κ2) is 4.65. The van der Waals surface area contributed by atoms with E-state index in [1.165, 1.54) is 35.6 Å². The molecule has 84 valence electrons. The molecule has 0 radical (unpaired) electrons. The van der Waals surface area contributed by atoms with Gasteiger partial charge in [0.25, 0.3) is 0 Å². The molecule has 0 atom stereocenters. The van der Waals surface area contributed by atoms with Crippen LogP contribution in [0.4, 0.5) is 0 Å². The van der Waals surface area contributed by atoms with Gasteiger partial charge in [0.15, 0.2) is 0 Å². The van der Waals surface area contributed by atoms with E-state index in [-0.39, 0.29) is 0 Å². The van der Waals surface area contributed by atoms with E-state index in [9.17, 15) is 0 Å². The number of hydrogen-bond acceptors (Lipinski definition) is 2. The molecule has 1 aromatic heterocycles. The van der Waals surface area contributed by atoms with E-state index in [1.54, 1.807) is 0 Å². The summed E-state index contributed by atoms with van der Waals surface area (Å²) in [6.45, 7) is 6.87. The average Bonchev–Trinajstić information content (AvgIpc) is 2.65. The van der Waals surface area contributed by atoms with Gasteiger partial charge in [-0.1, -0.05) is 13.8 Å². The molecule has 1 nitrogen and oxygen atoms in total. The molecular formula is C13H21NS. The van der Waals surface area contributed by atoms with Crippen molar-refractivity contribution >= 4 is 11.3 Å². The molecule has 1 aliphatic rings. The van der Waals surface area contributed by atoms with E-state index >= 15 is 0 Å². The van der Waals surface area contributed by atoms with Crippen LogP contribution in [0.1, 0.15) is 55.3 Å². The van der Waals surface area contributed by atoms with Crippen LogP contribution in [0.25, 0.3) is 0 Å². The number of thiazole rings is 1. The predicted octanol–water partition coefficient (Wildman–Crippen LogP) is 4.38. The summed E-state index contributed by atoms with van der Waals surface area (Å²) in [5.41, 5.74) is 0. The van der Waals surface area contributed by atoms with E-state index < -0.39 is 0 Å². The number of nitrogens with zero attached hydrogens (tertiary/aromatic N) is 1. The Morgan fingerprint density at radius 3 is 2.40 bits per heavy atom. The van der Waals surface area contributed by atoms with Gasteiger partial charge < -0.3 is 0 Å². The first-order valence-corrected chi connectivity index (χ1v) is 6.90. The molecule has 0 aliphatic heterocycles. The zero-order valence-corrected chi connectivity index (χ0v) is 10.8. The van der Waals surface area contributed by atoms with Crippen molar-refractivity contribution in [3.05, 3.63) is 16.1 Å². The van der Waals surface area contributed by atoms with Gasteiger partial charge >= 0.3 is 0 Å². The minimum atomic E-state index is 0.763. The Morgan fingerprint density at radius 2 is 1.93 bits per heavy atom. The zero-order valence-electron chi connectivity index (χ0n) is 9.99. The third-order valence-electron chi connectivity index (χ3n) is 3.70. The average molecular weight is 223 g/mol. The van der Waals surface area contributed by atoms with Crippen LogP contribution in [0, 0.1) is 18.8 Å². The highest BCUT2D eigenvalue weighted by molar-refractivity contribution is 7.11. The van der Waals surface area contributed by atoms with Crippen molar-refractivity contribution in [2.45, 2.75) is 52.4 Å². The Morgan fingerprint density at radius 1 is 1.27 bits per heavy atom. The van der Waals surface area contributed by atoms with Crippen molar-refractivity contribution in [2.75, 3.05) is 0 Å². The summed E-state index contributed by atoms with van der Waals surface area (Å²) >= 11 is 1.89. The first kappa shape index (κ1) is 11.1. The summed E-state index contributed by atoms with van der Waals surface area (Å²) in [5.74, 6) is 2.59. The largest absolute Gasteiger partial charge is 0.249 e. The van der Waals surface area contributed by atoms with Crippen molar-refractivity contribution in [2.24, 2.45) is 11.8 Å². The standard InChI is InChI=1S/C13H21NS/c1-9(2)11-4-6-12(7-5-11)13-14-8-10(3)15-13/h8-9,11-12H,4-7H2,1-3H3. The summed E-state index contributed by atoms with van der Waals surface area (Å²) in [6, 6.07) is 0. The fourth-order valence-corrected chi connectivity index (χ4v) is 3.54. The van der Waals surface area contributed by atoms with Crippen LogP contribution in [0.15, 0.2) is 6.20 Å². The van der Waals surface area contributed by atoms with Crippen LogP contribution in [0.2, 0.25) is 0 Å². The summed E-state index contributed by atoms with van der Waals surface area (Å²) in [5, 5.41) is 1.38. The monoisotopic (exact) mass is 223 g/mol. The number of hydrogen-bond donors (Lipinski definition) is 0. The maximum absolute atomic E-state index is 4.53. The Hall–Kier alpha value is -0.370. The highest BCUT2D eigenvalue weighted by Crippen LogP contribution is 2.39. The van der Waals surface area contributed by atoms with Gasteiger partial charge in [0, 0.05) is 17.0 Å². The van der Waals surface area contributed by atoms with Gasteiger partial charge in [-0.25, -0.2) is 4.98 Å². The lowest BCUT2D eigenvalue weighted by Gasteiger charge is -2.29. The summed E-state index contributed by atoms with van der Waals surface area (Å²) < 4.78 is 0. The maximum atomic E-state index is 4.53. The molecule has 0 saturated heterocycles. The van der Waals surface area contributed by atoms with E-state index in [1.807, 2.05) is 17.5 Å². The van der Waals surface area contributed by atoms with Crippen molar-refractivity contribution in [1.29, 1.82) is 0 Å². The van der Waals surface area contributed by atoms with E-state index in [2.05, 4.69) is 25.8 Å². The van der Waals surface area contributed by atoms with Crippen LogP contribution in [0.5, 0.6) is 0 Å². The van der Waals surface area contributed by atoms with Crippen LogP contribution < -0.4 is 0 Å². The topological polar surface area (TPSA) is 12.9 Å². The van der Waals surface area contributed by atoms with Crippen molar-refractivity contribution in [3.63, 3.8) is 0 Å². The highest BCUT2D eigenvalue weighted by Gasteiger charge is 2.25. The molecule has 0 amide bonds. The minimum Gasteiger partial charge on any atom is -0.249 e. The van der Waals surface area contributed by atoms with Crippen molar-refractivity contribution < 1.29 is 0 Å². The second-order valence-corrected chi connectivity index (χ2v) is 6.43. The van der Waals surface area contributed by atoms with Crippen LogP contribution in [0.3, 0.4) is 0 Å². The predicted molar refractivity (Wildman–Crippen MR) is 66.4 cm³/mol. The molecule has 0 spiro atoms. The molecule has 0 bridgehead atoms. The van der Waals surface area contributed by atoms with Gasteiger partial charge in [0.2, 0.25) is 0 Å². The van der Waals surface area contributed by atoms with E-state index in [0.29, 0.717) is 0 Å². The Labute approximate surface area is 96.9 Å². The first-order chi connectivity index (χ1) is 7.16. The number of aromatic nitrogens is 1. The lowest BCUT2D eigenvalue weighted by Crippen LogP contribution is -2.17. The van der Waals surface area contributed by atoms with Gasteiger partial charge in [0.05, 0.1) is 5.01 Å². The molecule has 15 heavy (non-hydrogen) atoms. The quantitative estimate of drug-likeness (QED) is 0.725. The molecule has 1 fully saturated rings. The second-order valence-electron chi connectivity index (χ2n) is 5.16. The van der Waals surface area contributed by atoms with Crippen LogP contribution >= 0.6 is 11.3 Å². The third-order valence-corrected chi connectivity index (χ3v) is 4.78. The van der Waals surface area contributed by atoms with Crippen molar-refractivity contribution in [1.82, 2.24) is 4.98 Å². The third kappa shape index (κ3) is 2.60. The summed E-state index contributed by atoms with van der Waals surface area (Å²) in [6.07, 6.45) is 7.54. The van der Waals surface area contributed by atoms with Gasteiger partial charge in [-0.05, 0) is 44.4 Å². The molecule has 1 saturated carbocycles. The number of rotatable bonds is 2. The van der Waals surface area contributed by atoms with Gasteiger partial charge in [0.1, 0.15) is 0 Å². The SMILES string of the molecule is Cc1cnc(C2CCC(C(C)C)CC2)s1. The normalized spacial score (nSPS) is 27.2.